The quantitative estimate of drug-likeness (QED) is 0.236. The number of fused-ring (bicyclic) bond motifs is 1. The normalized spacial score (nSPS) is 15.1. The number of carbonyl (C=O) groups is 2. The highest BCUT2D eigenvalue weighted by Crippen LogP contribution is 2.38. The first kappa shape index (κ1) is 27.7. The number of rotatable bonds is 7. The molecule has 0 spiro atoms. The van der Waals surface area contributed by atoms with E-state index < -0.39 is 5.82 Å². The van der Waals surface area contributed by atoms with Gasteiger partial charge < -0.3 is 19.5 Å². The van der Waals surface area contributed by atoms with Crippen molar-refractivity contribution < 1.29 is 18.7 Å². The molecule has 2 aromatic heterocycles. The zero-order valence-electron chi connectivity index (χ0n) is 23.5. The van der Waals surface area contributed by atoms with E-state index in [0.29, 0.717) is 39.9 Å². The second-order valence-electron chi connectivity index (χ2n) is 10.4. The third-order valence-corrected chi connectivity index (χ3v) is 8.95. The average Bonchev–Trinajstić information content (AvgIpc) is 3.62. The van der Waals surface area contributed by atoms with Gasteiger partial charge in [0.05, 0.1) is 17.6 Å². The summed E-state index contributed by atoms with van der Waals surface area (Å²) in [6.45, 7) is 0.859. The first-order chi connectivity index (χ1) is 20.4. The van der Waals surface area contributed by atoms with Gasteiger partial charge in [0.25, 0.3) is 11.8 Å². The van der Waals surface area contributed by atoms with Gasteiger partial charge in [-0.2, -0.15) is 0 Å². The van der Waals surface area contributed by atoms with Crippen LogP contribution in [0, 0.1) is 5.82 Å². The van der Waals surface area contributed by atoms with E-state index in [9.17, 15) is 9.59 Å². The Hall–Kier alpha value is -4.50. The van der Waals surface area contributed by atoms with Crippen LogP contribution in [0.2, 0.25) is 0 Å². The maximum Gasteiger partial charge on any atom is 0.274 e. The zero-order valence-corrected chi connectivity index (χ0v) is 24.3. The Morgan fingerprint density at radius 1 is 1.05 bits per heavy atom. The Bertz CT molecular complexity index is 1760. The summed E-state index contributed by atoms with van der Waals surface area (Å²) in [7, 11) is 3.52. The van der Waals surface area contributed by atoms with Crippen molar-refractivity contribution in [2.24, 2.45) is 7.05 Å². The summed E-state index contributed by atoms with van der Waals surface area (Å²) in [6, 6.07) is 21.5. The van der Waals surface area contributed by atoms with Crippen LogP contribution in [-0.4, -0.2) is 52.5 Å². The number of nitrogens with zero attached hydrogens (tertiary/aromatic N) is 3. The topological polar surface area (TPSA) is 76.5 Å². The molecule has 0 radical (unpaired) electrons. The molecule has 1 aliphatic heterocycles. The number of thiazole rings is 1. The Morgan fingerprint density at radius 3 is 2.60 bits per heavy atom. The molecule has 0 unspecified atom stereocenters. The highest BCUT2D eigenvalue weighted by molar-refractivity contribution is 7.18. The molecule has 0 bridgehead atoms. The fourth-order valence-corrected chi connectivity index (χ4v) is 6.68. The number of para-hydroxylation sites is 1. The van der Waals surface area contributed by atoms with Crippen LogP contribution in [-0.2, 0) is 7.05 Å². The van der Waals surface area contributed by atoms with Gasteiger partial charge in [0, 0.05) is 54.4 Å². The van der Waals surface area contributed by atoms with Gasteiger partial charge in [0.2, 0.25) is 0 Å². The lowest BCUT2D eigenvalue weighted by atomic mass is 10.0. The summed E-state index contributed by atoms with van der Waals surface area (Å²) in [4.78, 5) is 34.5. The van der Waals surface area contributed by atoms with Crippen molar-refractivity contribution in [2.75, 3.05) is 20.2 Å². The predicted molar refractivity (Wildman–Crippen MR) is 163 cm³/mol. The number of aryl methyl sites for hydroxylation is 1. The van der Waals surface area contributed by atoms with Gasteiger partial charge in [0.15, 0.2) is 0 Å². The molecule has 1 N–H and O–H groups in total. The van der Waals surface area contributed by atoms with Gasteiger partial charge in [-0.15, -0.1) is 11.3 Å². The third kappa shape index (κ3) is 5.27. The van der Waals surface area contributed by atoms with Crippen LogP contribution < -0.4 is 10.1 Å². The Labute approximate surface area is 247 Å². The maximum absolute atomic E-state index is 15.0. The molecule has 5 aromatic rings. The summed E-state index contributed by atoms with van der Waals surface area (Å²) in [6.07, 6.45) is 4.39. The van der Waals surface area contributed by atoms with Gasteiger partial charge in [-0.25, -0.2) is 9.37 Å². The minimum atomic E-state index is -0.408. The molecule has 42 heavy (non-hydrogen) atoms. The molecule has 214 valence electrons. The number of aromatic nitrogens is 2. The highest BCUT2D eigenvalue weighted by Gasteiger charge is 2.32. The number of halogens is 1. The zero-order chi connectivity index (χ0) is 29.2. The number of hydrogen-bond acceptors (Lipinski definition) is 5. The number of amides is 2. The SMILES string of the molecule is COc1ccc(-c2nc(C(=O)N3CCCC[C@H]3CNC(=O)c3cn(C)c4ccccc34)c(-c3ccccc3F)s2)cc1. The molecule has 1 atom stereocenters. The molecular formula is C33H31FN4O3S. The number of hydrogen-bond donors (Lipinski definition) is 1. The molecule has 0 saturated carbocycles. The van der Waals surface area contributed by atoms with Crippen LogP contribution in [0.5, 0.6) is 5.75 Å². The molecule has 9 heteroatoms. The minimum absolute atomic E-state index is 0.174. The van der Waals surface area contributed by atoms with E-state index in [0.717, 1.165) is 35.7 Å². The van der Waals surface area contributed by atoms with Crippen molar-refractivity contribution in [3.63, 3.8) is 0 Å². The fraction of sp³-hybridized carbons (Fsp3) is 0.242. The fourth-order valence-electron chi connectivity index (χ4n) is 5.59. The summed E-state index contributed by atoms with van der Waals surface area (Å²) >= 11 is 1.29. The van der Waals surface area contributed by atoms with Crippen molar-refractivity contribution >= 4 is 34.1 Å². The standard InChI is InChI=1S/C33H31FN4O3S/c1-37-20-26(24-10-4-6-13-28(24)37)31(39)35-19-22-9-7-8-18-38(22)33(40)29-30(25-11-3-5-12-27(25)34)42-32(36-29)21-14-16-23(41-2)17-15-21/h3-6,10-17,20,22H,7-9,18-19H2,1-2H3,(H,35,39)/t22-/m0/s1. The Morgan fingerprint density at radius 2 is 1.81 bits per heavy atom. The van der Waals surface area contributed by atoms with E-state index in [1.54, 1.807) is 30.2 Å². The monoisotopic (exact) mass is 582 g/mol. The average molecular weight is 583 g/mol. The van der Waals surface area contributed by atoms with Crippen LogP contribution in [0.4, 0.5) is 4.39 Å². The third-order valence-electron chi connectivity index (χ3n) is 7.81. The molecular weight excluding hydrogens is 551 g/mol. The van der Waals surface area contributed by atoms with Crippen LogP contribution in [0.3, 0.4) is 0 Å². The Kier molecular flexibility index (Phi) is 7.75. The van der Waals surface area contributed by atoms with Crippen LogP contribution in [0.25, 0.3) is 31.9 Å². The summed E-state index contributed by atoms with van der Waals surface area (Å²) in [5, 5.41) is 4.58. The summed E-state index contributed by atoms with van der Waals surface area (Å²) in [5.41, 5.74) is 2.97. The molecule has 3 aromatic carbocycles. The van der Waals surface area contributed by atoms with E-state index in [1.165, 1.54) is 17.4 Å². The number of likely N-dealkylation sites (tertiary alicyclic amines) is 1. The number of carbonyl (C=O) groups excluding carboxylic acids is 2. The second-order valence-corrected chi connectivity index (χ2v) is 11.4. The lowest BCUT2D eigenvalue weighted by Crippen LogP contribution is -2.49. The van der Waals surface area contributed by atoms with Crippen molar-refractivity contribution in [1.82, 2.24) is 19.8 Å². The number of benzene rings is 3. The molecule has 7 nitrogen and oxygen atoms in total. The van der Waals surface area contributed by atoms with Crippen LogP contribution >= 0.6 is 11.3 Å². The van der Waals surface area contributed by atoms with Crippen molar-refractivity contribution in [3.8, 4) is 26.8 Å². The molecule has 1 aliphatic rings. The van der Waals surface area contributed by atoms with Crippen LogP contribution in [0.1, 0.15) is 40.1 Å². The van der Waals surface area contributed by atoms with Crippen LogP contribution in [0.15, 0.2) is 79.0 Å². The van der Waals surface area contributed by atoms with Crippen molar-refractivity contribution in [3.05, 3.63) is 96.1 Å². The highest BCUT2D eigenvalue weighted by atomic mass is 32.1. The Balaban J connectivity index is 1.29. The van der Waals surface area contributed by atoms with E-state index >= 15 is 4.39 Å². The maximum atomic E-state index is 15.0. The lowest BCUT2D eigenvalue weighted by Gasteiger charge is -2.35. The molecule has 1 fully saturated rings. The molecule has 2 amide bonds. The number of methoxy groups -OCH3 is 1. The number of piperidine rings is 1. The van der Waals surface area contributed by atoms with E-state index in [4.69, 9.17) is 9.72 Å². The van der Waals surface area contributed by atoms with Gasteiger partial charge in [-0.1, -0.05) is 36.4 Å². The minimum Gasteiger partial charge on any atom is -0.497 e. The molecule has 6 rings (SSSR count). The largest absolute Gasteiger partial charge is 0.497 e. The van der Waals surface area contributed by atoms with Gasteiger partial charge in [-0.3, -0.25) is 9.59 Å². The first-order valence-corrected chi connectivity index (χ1v) is 14.8. The van der Waals surface area contributed by atoms with Gasteiger partial charge in [0.1, 0.15) is 22.3 Å². The first-order valence-electron chi connectivity index (χ1n) is 14.0. The van der Waals surface area contributed by atoms with E-state index in [-0.39, 0.29) is 23.6 Å². The molecule has 1 saturated heterocycles. The van der Waals surface area contributed by atoms with E-state index in [2.05, 4.69) is 5.32 Å². The van der Waals surface area contributed by atoms with Gasteiger partial charge >= 0.3 is 0 Å². The predicted octanol–water partition coefficient (Wildman–Crippen LogP) is 6.54. The van der Waals surface area contributed by atoms with Gasteiger partial charge in [-0.05, 0) is 55.7 Å². The molecule has 3 heterocycles. The second kappa shape index (κ2) is 11.8. The number of ether oxygens (including phenoxy) is 1. The number of nitrogens with one attached hydrogen (secondary N) is 1. The van der Waals surface area contributed by atoms with Crippen molar-refractivity contribution in [1.29, 1.82) is 0 Å². The van der Waals surface area contributed by atoms with E-state index in [1.807, 2.05) is 66.3 Å². The lowest BCUT2D eigenvalue weighted by molar-refractivity contribution is 0.0598. The summed E-state index contributed by atoms with van der Waals surface area (Å²) in [5.74, 6) is -0.127. The summed E-state index contributed by atoms with van der Waals surface area (Å²) < 4.78 is 22.2. The smallest absolute Gasteiger partial charge is 0.274 e. The van der Waals surface area contributed by atoms with Crippen molar-refractivity contribution in [2.45, 2.75) is 25.3 Å². The molecule has 0 aliphatic carbocycles.